The van der Waals surface area contributed by atoms with Crippen LogP contribution in [0.25, 0.3) is 21.5 Å². The zero-order chi connectivity index (χ0) is 14.3. The third-order valence-corrected chi connectivity index (χ3v) is 3.37. The molecule has 0 fully saturated rings. The summed E-state index contributed by atoms with van der Waals surface area (Å²) in [5.41, 5.74) is -0.360. The molecule has 0 aliphatic carbocycles. The van der Waals surface area contributed by atoms with Crippen molar-refractivity contribution in [1.29, 1.82) is 0 Å². The van der Waals surface area contributed by atoms with Gasteiger partial charge in [0.05, 0.1) is 11.1 Å². The van der Waals surface area contributed by atoms with E-state index in [1.807, 2.05) is 24.3 Å². The molecule has 0 unspecified atom stereocenters. The van der Waals surface area contributed by atoms with Gasteiger partial charge >= 0.3 is 11.9 Å². The van der Waals surface area contributed by atoms with E-state index in [1.54, 1.807) is 18.2 Å². The van der Waals surface area contributed by atoms with Crippen LogP contribution in [0.5, 0.6) is 0 Å². The van der Waals surface area contributed by atoms with Crippen molar-refractivity contribution in [3.05, 3.63) is 59.7 Å². The minimum Gasteiger partial charge on any atom is -0.478 e. The van der Waals surface area contributed by atoms with Gasteiger partial charge < -0.3 is 10.2 Å². The van der Waals surface area contributed by atoms with Gasteiger partial charge in [-0.2, -0.15) is 0 Å². The number of carbonyl (C=O) groups is 2. The highest BCUT2D eigenvalue weighted by atomic mass is 35.5. The van der Waals surface area contributed by atoms with E-state index in [9.17, 15) is 14.7 Å². The molecule has 114 valence electrons. The van der Waals surface area contributed by atoms with E-state index in [-0.39, 0.29) is 35.9 Å². The number of hydrogen-bond donors (Lipinski definition) is 2. The zero-order valence-corrected chi connectivity index (χ0v) is 12.8. The second kappa shape index (κ2) is 6.64. The van der Waals surface area contributed by atoms with Crippen LogP contribution >= 0.6 is 24.8 Å². The summed E-state index contributed by atoms with van der Waals surface area (Å²) in [6, 6.07) is 14.1. The summed E-state index contributed by atoms with van der Waals surface area (Å²) in [5, 5.41) is 21.5. The van der Waals surface area contributed by atoms with Crippen molar-refractivity contribution in [3.8, 4) is 0 Å². The number of rotatable bonds is 2. The van der Waals surface area contributed by atoms with Gasteiger partial charge in [-0.1, -0.05) is 42.5 Å². The summed E-state index contributed by atoms with van der Waals surface area (Å²) in [6.45, 7) is 0. The van der Waals surface area contributed by atoms with Gasteiger partial charge in [0.1, 0.15) is 0 Å². The molecule has 0 saturated heterocycles. The monoisotopic (exact) mass is 338 g/mol. The number of aromatic carboxylic acids is 2. The molecule has 6 heteroatoms. The first-order valence-corrected chi connectivity index (χ1v) is 6.00. The maximum atomic E-state index is 11.4. The lowest BCUT2D eigenvalue weighted by Gasteiger charge is -2.09. The first-order chi connectivity index (χ1) is 9.59. The van der Waals surface area contributed by atoms with Gasteiger partial charge in [-0.3, -0.25) is 0 Å². The first kappa shape index (κ1) is 17.8. The van der Waals surface area contributed by atoms with Gasteiger partial charge in [0.25, 0.3) is 0 Å². The number of hydrogen-bond acceptors (Lipinski definition) is 2. The number of carboxylic acid groups (broad SMARTS) is 2. The molecular weight excluding hydrogens is 327 g/mol. The van der Waals surface area contributed by atoms with Crippen LogP contribution in [-0.4, -0.2) is 22.2 Å². The average molecular weight is 339 g/mol. The maximum absolute atomic E-state index is 11.4. The molecule has 0 heterocycles. The Morgan fingerprint density at radius 1 is 0.682 bits per heavy atom. The van der Waals surface area contributed by atoms with Gasteiger partial charge in [0.15, 0.2) is 0 Å². The number of halogens is 2. The summed E-state index contributed by atoms with van der Waals surface area (Å²) in [7, 11) is 0. The Morgan fingerprint density at radius 3 is 1.95 bits per heavy atom. The van der Waals surface area contributed by atoms with Crippen LogP contribution in [0.4, 0.5) is 0 Å². The van der Waals surface area contributed by atoms with E-state index in [4.69, 9.17) is 5.11 Å². The largest absolute Gasteiger partial charge is 0.478 e. The van der Waals surface area contributed by atoms with Crippen LogP contribution in [0.1, 0.15) is 20.7 Å². The topological polar surface area (TPSA) is 74.6 Å². The fraction of sp³-hybridized carbons (Fsp3) is 0. The van der Waals surface area contributed by atoms with Gasteiger partial charge in [0.2, 0.25) is 0 Å². The third kappa shape index (κ3) is 2.71. The Morgan fingerprint density at radius 2 is 1.32 bits per heavy atom. The lowest BCUT2D eigenvalue weighted by molar-refractivity contribution is 0.0653. The first-order valence-electron chi connectivity index (χ1n) is 6.00. The molecular formula is C16H12Cl2O4. The molecule has 0 saturated carbocycles. The molecule has 22 heavy (non-hydrogen) atoms. The van der Waals surface area contributed by atoms with Crippen LogP contribution in [-0.2, 0) is 0 Å². The average Bonchev–Trinajstić information content (AvgIpc) is 2.45. The summed E-state index contributed by atoms with van der Waals surface area (Å²) >= 11 is 0. The predicted molar refractivity (Wildman–Crippen MR) is 89.9 cm³/mol. The third-order valence-electron chi connectivity index (χ3n) is 3.37. The van der Waals surface area contributed by atoms with Crippen LogP contribution < -0.4 is 0 Å². The summed E-state index contributed by atoms with van der Waals surface area (Å²) < 4.78 is 0. The van der Waals surface area contributed by atoms with E-state index in [0.29, 0.717) is 5.39 Å². The second-order valence-electron chi connectivity index (χ2n) is 4.48. The Kier molecular flexibility index (Phi) is 5.36. The molecule has 0 aliphatic rings. The molecule has 0 amide bonds. The zero-order valence-electron chi connectivity index (χ0n) is 11.1. The maximum Gasteiger partial charge on any atom is 0.337 e. The second-order valence-corrected chi connectivity index (χ2v) is 4.48. The van der Waals surface area contributed by atoms with Crippen molar-refractivity contribution in [3.63, 3.8) is 0 Å². The highest BCUT2D eigenvalue weighted by Crippen LogP contribution is 2.29. The van der Waals surface area contributed by atoms with E-state index < -0.39 is 11.9 Å². The SMILES string of the molecule is Cl.Cl.O=C(O)c1ccc2c(ccc3ccccc32)c1C(=O)O. The molecule has 3 rings (SSSR count). The summed E-state index contributed by atoms with van der Waals surface area (Å²) in [6.07, 6.45) is 0. The van der Waals surface area contributed by atoms with Gasteiger partial charge in [0, 0.05) is 0 Å². The normalized spacial score (nSPS) is 9.82. The van der Waals surface area contributed by atoms with Crippen molar-refractivity contribution >= 4 is 58.3 Å². The van der Waals surface area contributed by atoms with Crippen LogP contribution in [0.15, 0.2) is 48.5 Å². The van der Waals surface area contributed by atoms with Crippen LogP contribution in [0.3, 0.4) is 0 Å². The molecule has 0 aromatic heterocycles. The Balaban J connectivity index is 0.00000121. The number of carboxylic acids is 2. The fourth-order valence-corrected chi connectivity index (χ4v) is 2.50. The minimum atomic E-state index is -1.24. The lowest BCUT2D eigenvalue weighted by Crippen LogP contribution is -2.08. The lowest BCUT2D eigenvalue weighted by atomic mass is 9.95. The number of fused-ring (bicyclic) bond motifs is 3. The van der Waals surface area contributed by atoms with E-state index in [1.165, 1.54) is 6.07 Å². The fourth-order valence-electron chi connectivity index (χ4n) is 2.50. The summed E-state index contributed by atoms with van der Waals surface area (Å²) in [5.74, 6) is -2.47. The molecule has 0 bridgehead atoms. The molecule has 3 aromatic carbocycles. The molecule has 0 aliphatic heterocycles. The van der Waals surface area contributed by atoms with Gasteiger partial charge in [-0.15, -0.1) is 24.8 Å². The van der Waals surface area contributed by atoms with Gasteiger partial charge in [-0.25, -0.2) is 9.59 Å². The highest BCUT2D eigenvalue weighted by molar-refractivity contribution is 6.17. The van der Waals surface area contributed by atoms with Crippen LogP contribution in [0, 0.1) is 0 Å². The van der Waals surface area contributed by atoms with E-state index in [2.05, 4.69) is 0 Å². The number of benzene rings is 3. The molecule has 0 atom stereocenters. The Bertz CT molecular complexity index is 875. The highest BCUT2D eigenvalue weighted by Gasteiger charge is 2.19. The Labute approximate surface area is 138 Å². The molecule has 0 spiro atoms. The van der Waals surface area contributed by atoms with Crippen molar-refractivity contribution in [2.24, 2.45) is 0 Å². The van der Waals surface area contributed by atoms with Crippen molar-refractivity contribution < 1.29 is 19.8 Å². The predicted octanol–water partition coefficient (Wildman–Crippen LogP) is 4.23. The van der Waals surface area contributed by atoms with Crippen molar-refractivity contribution in [2.75, 3.05) is 0 Å². The van der Waals surface area contributed by atoms with Crippen molar-refractivity contribution in [2.45, 2.75) is 0 Å². The minimum absolute atomic E-state index is 0. The molecule has 0 radical (unpaired) electrons. The summed E-state index contributed by atoms with van der Waals surface area (Å²) in [4.78, 5) is 22.6. The van der Waals surface area contributed by atoms with E-state index in [0.717, 1.165) is 16.2 Å². The quantitative estimate of drug-likeness (QED) is 0.685. The molecule has 2 N–H and O–H groups in total. The van der Waals surface area contributed by atoms with Crippen molar-refractivity contribution in [1.82, 2.24) is 0 Å². The smallest absolute Gasteiger partial charge is 0.337 e. The molecule has 3 aromatic rings. The van der Waals surface area contributed by atoms with Gasteiger partial charge in [-0.05, 0) is 27.6 Å². The molecule has 4 nitrogen and oxygen atoms in total. The van der Waals surface area contributed by atoms with Crippen LogP contribution in [0.2, 0.25) is 0 Å². The van der Waals surface area contributed by atoms with E-state index >= 15 is 0 Å². The standard InChI is InChI=1S/C16H10O4.2ClH/c17-15(18)13-8-7-11-10-4-2-1-3-9(10)5-6-12(11)14(13)16(19)20;;/h1-8H,(H,17,18)(H,19,20);2*1H. The Hall–Kier alpha value is -2.30.